The van der Waals surface area contributed by atoms with E-state index in [-0.39, 0.29) is 11.2 Å². The van der Waals surface area contributed by atoms with Gasteiger partial charge in [-0.05, 0) is 31.5 Å². The highest BCUT2D eigenvalue weighted by atomic mass is 35.5. The van der Waals surface area contributed by atoms with Crippen molar-refractivity contribution in [2.45, 2.75) is 24.3 Å². The Morgan fingerprint density at radius 2 is 2.00 bits per heavy atom. The van der Waals surface area contributed by atoms with Gasteiger partial charge in [0, 0.05) is 18.8 Å². The minimum Gasteiger partial charge on any atom is -0.310 e. The Balaban J connectivity index is 1.71. The first-order chi connectivity index (χ1) is 12.5. The third-order valence-corrected chi connectivity index (χ3v) is 5.21. The number of thioether (sulfide) groups is 1. The lowest BCUT2D eigenvalue weighted by Gasteiger charge is -2.11. The summed E-state index contributed by atoms with van der Waals surface area (Å²) in [7, 11) is 1.90. The van der Waals surface area contributed by atoms with Gasteiger partial charge < -0.3 is 9.88 Å². The average Bonchev–Trinajstić information content (AvgIpc) is 2.98. The van der Waals surface area contributed by atoms with Crippen molar-refractivity contribution in [1.82, 2.24) is 19.7 Å². The lowest BCUT2D eigenvalue weighted by Crippen LogP contribution is -2.23. The first-order valence-electron chi connectivity index (χ1n) is 8.00. The summed E-state index contributed by atoms with van der Waals surface area (Å²) in [5.41, 5.74) is 2.15. The minimum atomic E-state index is -0.361. The van der Waals surface area contributed by atoms with E-state index in [1.807, 2.05) is 49.7 Å². The number of nitrogens with zero attached hydrogens (tertiary/aromatic N) is 4. The molecule has 2 heterocycles. The molecule has 0 fully saturated rings. The number of halogens is 1. The van der Waals surface area contributed by atoms with Crippen molar-refractivity contribution in [2.24, 2.45) is 7.05 Å². The first-order valence-corrected chi connectivity index (χ1v) is 9.26. The van der Waals surface area contributed by atoms with Crippen LogP contribution in [0, 0.1) is 6.92 Å². The standard InChI is InChI=1S/C18H18ClN5OS/c1-11-6-4-5-7-14(11)16-22-23-18(24(16)3)26-12(2)17(25)21-15-9-8-13(19)10-20-15/h4-10,12H,1-3H3,(H,20,21,25). The summed E-state index contributed by atoms with van der Waals surface area (Å²) in [6.07, 6.45) is 1.49. The Morgan fingerprint density at radius 1 is 1.23 bits per heavy atom. The second-order valence-corrected chi connectivity index (χ2v) is 7.54. The molecule has 0 saturated heterocycles. The van der Waals surface area contributed by atoms with Crippen LogP contribution in [0.3, 0.4) is 0 Å². The monoisotopic (exact) mass is 387 g/mol. The SMILES string of the molecule is Cc1ccccc1-c1nnc(SC(C)C(=O)Nc2ccc(Cl)cn2)n1C. The number of hydrogen-bond donors (Lipinski definition) is 1. The van der Waals surface area contributed by atoms with Crippen molar-refractivity contribution in [3.63, 3.8) is 0 Å². The summed E-state index contributed by atoms with van der Waals surface area (Å²) in [6.45, 7) is 3.85. The summed E-state index contributed by atoms with van der Waals surface area (Å²) in [4.78, 5) is 16.5. The highest BCUT2D eigenvalue weighted by Gasteiger charge is 2.20. The van der Waals surface area contributed by atoms with E-state index >= 15 is 0 Å². The van der Waals surface area contributed by atoms with Gasteiger partial charge >= 0.3 is 0 Å². The lowest BCUT2D eigenvalue weighted by atomic mass is 10.1. The zero-order valence-electron chi connectivity index (χ0n) is 14.6. The molecular weight excluding hydrogens is 370 g/mol. The number of amides is 1. The summed E-state index contributed by atoms with van der Waals surface area (Å²) < 4.78 is 1.90. The molecule has 2 aromatic heterocycles. The van der Waals surface area contributed by atoms with E-state index in [1.54, 1.807) is 12.1 Å². The Hall–Kier alpha value is -2.38. The largest absolute Gasteiger partial charge is 0.310 e. The van der Waals surface area contributed by atoms with Gasteiger partial charge in [-0.15, -0.1) is 10.2 Å². The third kappa shape index (κ3) is 4.05. The smallest absolute Gasteiger partial charge is 0.238 e. The molecule has 0 spiro atoms. The van der Waals surface area contributed by atoms with Gasteiger partial charge in [-0.2, -0.15) is 0 Å². The van der Waals surface area contributed by atoms with Gasteiger partial charge in [-0.3, -0.25) is 4.79 Å². The van der Waals surface area contributed by atoms with Crippen molar-refractivity contribution in [3.8, 4) is 11.4 Å². The van der Waals surface area contributed by atoms with E-state index < -0.39 is 0 Å². The van der Waals surface area contributed by atoms with Gasteiger partial charge in [0.15, 0.2) is 11.0 Å². The molecule has 3 aromatic rings. The molecule has 0 aliphatic carbocycles. The van der Waals surface area contributed by atoms with E-state index in [2.05, 4.69) is 20.5 Å². The van der Waals surface area contributed by atoms with Crippen LogP contribution < -0.4 is 5.32 Å². The second-order valence-electron chi connectivity index (χ2n) is 5.79. The number of hydrogen-bond acceptors (Lipinski definition) is 5. The highest BCUT2D eigenvalue weighted by Crippen LogP contribution is 2.27. The van der Waals surface area contributed by atoms with Gasteiger partial charge in [0.05, 0.1) is 10.3 Å². The summed E-state index contributed by atoms with van der Waals surface area (Å²) in [5.74, 6) is 1.08. The molecule has 0 aliphatic rings. The Labute approximate surface area is 161 Å². The molecule has 0 radical (unpaired) electrons. The minimum absolute atomic E-state index is 0.162. The van der Waals surface area contributed by atoms with E-state index in [0.29, 0.717) is 16.0 Å². The predicted octanol–water partition coefficient (Wildman–Crippen LogP) is 3.96. The average molecular weight is 388 g/mol. The molecular formula is C18H18ClN5OS. The predicted molar refractivity (Wildman–Crippen MR) is 104 cm³/mol. The quantitative estimate of drug-likeness (QED) is 0.671. The van der Waals surface area contributed by atoms with Crippen molar-refractivity contribution in [2.75, 3.05) is 5.32 Å². The normalized spacial score (nSPS) is 12.0. The van der Waals surface area contributed by atoms with Crippen LogP contribution in [0.2, 0.25) is 5.02 Å². The maximum Gasteiger partial charge on any atom is 0.238 e. The topological polar surface area (TPSA) is 72.7 Å². The number of rotatable bonds is 5. The molecule has 1 unspecified atom stereocenters. The molecule has 26 heavy (non-hydrogen) atoms. The molecule has 3 rings (SSSR count). The summed E-state index contributed by atoms with van der Waals surface area (Å²) in [5, 5.41) is 12.1. The number of anilines is 1. The fourth-order valence-corrected chi connectivity index (χ4v) is 3.29. The molecule has 0 bridgehead atoms. The van der Waals surface area contributed by atoms with Crippen molar-refractivity contribution < 1.29 is 4.79 Å². The molecule has 1 atom stereocenters. The Kier molecular flexibility index (Phi) is 5.58. The highest BCUT2D eigenvalue weighted by molar-refractivity contribution is 8.00. The number of carbonyl (C=O) groups is 1. The van der Waals surface area contributed by atoms with Crippen LogP contribution in [0.1, 0.15) is 12.5 Å². The zero-order valence-corrected chi connectivity index (χ0v) is 16.2. The van der Waals surface area contributed by atoms with Crippen molar-refractivity contribution >= 4 is 35.1 Å². The summed E-state index contributed by atoms with van der Waals surface area (Å²) >= 11 is 7.15. The first kappa shape index (κ1) is 18.4. The molecule has 134 valence electrons. The van der Waals surface area contributed by atoms with E-state index in [9.17, 15) is 4.79 Å². The van der Waals surface area contributed by atoms with Crippen LogP contribution in [-0.4, -0.2) is 30.9 Å². The second kappa shape index (κ2) is 7.88. The van der Waals surface area contributed by atoms with Gasteiger partial charge in [0.25, 0.3) is 0 Å². The maximum absolute atomic E-state index is 12.4. The number of aromatic nitrogens is 4. The fraction of sp³-hybridized carbons (Fsp3) is 0.222. The van der Waals surface area contributed by atoms with Gasteiger partial charge in [0.2, 0.25) is 5.91 Å². The number of carbonyl (C=O) groups excluding carboxylic acids is 1. The molecule has 0 saturated carbocycles. The number of pyridine rings is 1. The van der Waals surface area contributed by atoms with Crippen molar-refractivity contribution in [3.05, 3.63) is 53.2 Å². The molecule has 0 aliphatic heterocycles. The number of aryl methyl sites for hydroxylation is 1. The van der Waals surface area contributed by atoms with Crippen LogP contribution in [0.25, 0.3) is 11.4 Å². The zero-order chi connectivity index (χ0) is 18.7. The Morgan fingerprint density at radius 3 is 2.69 bits per heavy atom. The Bertz CT molecular complexity index is 926. The van der Waals surface area contributed by atoms with Gasteiger partial charge in [-0.1, -0.05) is 47.6 Å². The van der Waals surface area contributed by atoms with Crippen molar-refractivity contribution in [1.29, 1.82) is 0 Å². The fourth-order valence-electron chi connectivity index (χ4n) is 2.37. The van der Waals surface area contributed by atoms with Crippen LogP contribution in [-0.2, 0) is 11.8 Å². The number of nitrogens with one attached hydrogen (secondary N) is 1. The van der Waals surface area contributed by atoms with E-state index in [4.69, 9.17) is 11.6 Å². The molecule has 6 nitrogen and oxygen atoms in total. The number of benzene rings is 1. The molecule has 1 amide bonds. The lowest BCUT2D eigenvalue weighted by molar-refractivity contribution is -0.115. The molecule has 1 aromatic carbocycles. The van der Waals surface area contributed by atoms with Crippen LogP contribution in [0.15, 0.2) is 47.8 Å². The van der Waals surface area contributed by atoms with Gasteiger partial charge in [0.1, 0.15) is 5.82 Å². The van der Waals surface area contributed by atoms with Crippen LogP contribution in [0.5, 0.6) is 0 Å². The van der Waals surface area contributed by atoms with Gasteiger partial charge in [-0.25, -0.2) is 4.98 Å². The molecule has 8 heteroatoms. The third-order valence-electron chi connectivity index (χ3n) is 3.85. The van der Waals surface area contributed by atoms with Crippen LogP contribution >= 0.6 is 23.4 Å². The van der Waals surface area contributed by atoms with Crippen LogP contribution in [0.4, 0.5) is 5.82 Å². The molecule has 1 N–H and O–H groups in total. The summed E-state index contributed by atoms with van der Waals surface area (Å²) in [6, 6.07) is 11.3. The van der Waals surface area contributed by atoms with E-state index in [0.717, 1.165) is 17.0 Å². The van der Waals surface area contributed by atoms with E-state index in [1.165, 1.54) is 18.0 Å². The maximum atomic E-state index is 12.4.